The average Bonchev–Trinajstić information content (AvgIpc) is 3.16. The van der Waals surface area contributed by atoms with E-state index in [-0.39, 0.29) is 12.3 Å². The first kappa shape index (κ1) is 23.3. The number of benzene rings is 1. The van der Waals surface area contributed by atoms with Crippen molar-refractivity contribution in [3.8, 4) is 0 Å². The number of aryl methyl sites for hydroxylation is 4. The highest BCUT2D eigenvalue weighted by Gasteiger charge is 2.24. The fourth-order valence-corrected chi connectivity index (χ4v) is 5.02. The van der Waals surface area contributed by atoms with Crippen LogP contribution in [0.3, 0.4) is 0 Å². The third-order valence-corrected chi connectivity index (χ3v) is 7.46. The van der Waals surface area contributed by atoms with Crippen LogP contribution in [0.4, 0.5) is 0 Å². The molecule has 1 saturated heterocycles. The van der Waals surface area contributed by atoms with Gasteiger partial charge in [0.1, 0.15) is 16.9 Å². The summed E-state index contributed by atoms with van der Waals surface area (Å²) >= 11 is 0. The second kappa shape index (κ2) is 9.30. The summed E-state index contributed by atoms with van der Waals surface area (Å²) in [6.45, 7) is 11.7. The van der Waals surface area contributed by atoms with Crippen LogP contribution in [-0.4, -0.2) is 53.4 Å². The molecule has 1 aliphatic rings. The third-order valence-electron chi connectivity index (χ3n) is 7.46. The molecule has 1 aliphatic heterocycles. The second-order valence-corrected chi connectivity index (χ2v) is 9.54. The lowest BCUT2D eigenvalue weighted by Crippen LogP contribution is -2.49. The van der Waals surface area contributed by atoms with E-state index in [1.54, 1.807) is 0 Å². The quantitative estimate of drug-likeness (QED) is 0.406. The van der Waals surface area contributed by atoms with Gasteiger partial charge in [0.05, 0.1) is 12.0 Å². The number of carbonyl (C=O) groups excluding carboxylic acids is 1. The van der Waals surface area contributed by atoms with Gasteiger partial charge >= 0.3 is 5.63 Å². The number of hydrogen-bond donors (Lipinski definition) is 0. The number of nitrogens with zero attached hydrogens (tertiary/aromatic N) is 3. The molecule has 1 aromatic carbocycles. The fraction of sp³-hybridized carbons (Fsp3) is 0.393. The highest BCUT2D eigenvalue weighted by Crippen LogP contribution is 2.34. The van der Waals surface area contributed by atoms with E-state index in [0.29, 0.717) is 24.2 Å². The average molecular weight is 474 g/mol. The zero-order valence-corrected chi connectivity index (χ0v) is 20.8. The van der Waals surface area contributed by atoms with Crippen molar-refractivity contribution in [3.05, 3.63) is 74.6 Å². The van der Waals surface area contributed by atoms with Gasteiger partial charge in [0.25, 0.3) is 0 Å². The predicted octanol–water partition coefficient (Wildman–Crippen LogP) is 4.10. The first-order valence-electron chi connectivity index (χ1n) is 12.2. The Kier molecular flexibility index (Phi) is 6.19. The minimum absolute atomic E-state index is 0.0262. The number of pyridine rings is 1. The Balaban J connectivity index is 1.31. The predicted molar refractivity (Wildman–Crippen MR) is 136 cm³/mol. The summed E-state index contributed by atoms with van der Waals surface area (Å²) in [5, 5.41) is 1.88. The molecule has 0 saturated carbocycles. The molecule has 35 heavy (non-hydrogen) atoms. The van der Waals surface area contributed by atoms with Gasteiger partial charge in [0, 0.05) is 61.5 Å². The van der Waals surface area contributed by atoms with Gasteiger partial charge in [-0.15, -0.1) is 0 Å². The van der Waals surface area contributed by atoms with Crippen molar-refractivity contribution < 1.29 is 13.6 Å². The van der Waals surface area contributed by atoms with Gasteiger partial charge in [-0.3, -0.25) is 14.7 Å². The molecule has 0 unspecified atom stereocenters. The van der Waals surface area contributed by atoms with Gasteiger partial charge in [-0.05, 0) is 69.0 Å². The number of furan rings is 1. The van der Waals surface area contributed by atoms with Crippen molar-refractivity contribution in [1.29, 1.82) is 0 Å². The summed E-state index contributed by atoms with van der Waals surface area (Å²) in [5.41, 5.74) is 5.26. The molecular formula is C28H31N3O4. The second-order valence-electron chi connectivity index (χ2n) is 9.54. The van der Waals surface area contributed by atoms with Gasteiger partial charge in [0.15, 0.2) is 0 Å². The first-order valence-corrected chi connectivity index (χ1v) is 12.2. The van der Waals surface area contributed by atoms with Crippen molar-refractivity contribution in [2.45, 2.75) is 40.5 Å². The Hall–Kier alpha value is -3.45. The molecule has 1 fully saturated rings. The molecule has 0 N–H and O–H groups in total. The number of aromatic nitrogens is 1. The van der Waals surface area contributed by atoms with Crippen LogP contribution in [-0.2, 0) is 17.6 Å². The van der Waals surface area contributed by atoms with Crippen molar-refractivity contribution >= 4 is 27.8 Å². The number of fused-ring (bicyclic) bond motifs is 2. The number of hydrogen-bond acceptors (Lipinski definition) is 6. The topological polar surface area (TPSA) is 79.8 Å². The lowest BCUT2D eigenvalue weighted by molar-refractivity contribution is -0.132. The fourth-order valence-electron chi connectivity index (χ4n) is 5.02. The van der Waals surface area contributed by atoms with Crippen LogP contribution in [0, 0.1) is 27.7 Å². The van der Waals surface area contributed by atoms with Gasteiger partial charge in [-0.25, -0.2) is 4.79 Å². The molecular weight excluding hydrogens is 442 g/mol. The molecule has 5 rings (SSSR count). The van der Waals surface area contributed by atoms with Crippen LogP contribution in [0.1, 0.15) is 33.6 Å². The minimum atomic E-state index is -0.443. The molecule has 4 heterocycles. The maximum atomic E-state index is 13.1. The van der Waals surface area contributed by atoms with Crippen LogP contribution < -0.4 is 5.63 Å². The number of piperazine rings is 1. The number of carbonyl (C=O) groups is 1. The zero-order chi connectivity index (χ0) is 24.7. The van der Waals surface area contributed by atoms with E-state index >= 15 is 0 Å². The van der Waals surface area contributed by atoms with E-state index in [4.69, 9.17) is 8.83 Å². The van der Waals surface area contributed by atoms with Gasteiger partial charge < -0.3 is 13.7 Å². The lowest BCUT2D eigenvalue weighted by Gasteiger charge is -2.34. The number of amides is 1. The van der Waals surface area contributed by atoms with Crippen molar-refractivity contribution in [3.63, 3.8) is 0 Å². The molecule has 7 nitrogen and oxygen atoms in total. The van der Waals surface area contributed by atoms with Gasteiger partial charge in [0.2, 0.25) is 5.91 Å². The third kappa shape index (κ3) is 4.36. The maximum absolute atomic E-state index is 13.1. The summed E-state index contributed by atoms with van der Waals surface area (Å²) in [6, 6.07) is 6.11. The van der Waals surface area contributed by atoms with Crippen LogP contribution in [0.5, 0.6) is 0 Å². The number of rotatable bonds is 5. The van der Waals surface area contributed by atoms with E-state index in [0.717, 1.165) is 64.9 Å². The molecule has 4 aromatic rings. The van der Waals surface area contributed by atoms with E-state index in [1.807, 2.05) is 63.2 Å². The largest absolute Gasteiger partial charge is 0.461 e. The molecule has 0 aliphatic carbocycles. The summed E-state index contributed by atoms with van der Waals surface area (Å²) in [4.78, 5) is 34.4. The van der Waals surface area contributed by atoms with Crippen LogP contribution in [0.2, 0.25) is 0 Å². The molecule has 182 valence electrons. The van der Waals surface area contributed by atoms with Crippen LogP contribution >= 0.6 is 0 Å². The standard InChI is InChI=1S/C28H31N3O4/c1-17-20(4)34-26-19(3)27-23(15-22(17)26)18(2)24(28(33)35-27)16-25(32)31-13-11-30(12-14-31)10-7-21-5-8-29-9-6-21/h5-6,8-9,15H,7,10-14,16H2,1-4H3. The van der Waals surface area contributed by atoms with Crippen molar-refractivity contribution in [2.24, 2.45) is 0 Å². The Morgan fingerprint density at radius 2 is 1.57 bits per heavy atom. The molecule has 0 radical (unpaired) electrons. The Labute approximate surface area is 204 Å². The molecule has 1 amide bonds. The van der Waals surface area contributed by atoms with E-state index in [2.05, 4.69) is 9.88 Å². The monoisotopic (exact) mass is 473 g/mol. The normalized spacial score (nSPS) is 14.8. The molecule has 0 spiro atoms. The van der Waals surface area contributed by atoms with Gasteiger partial charge in [-0.1, -0.05) is 0 Å². The highest BCUT2D eigenvalue weighted by atomic mass is 16.4. The van der Waals surface area contributed by atoms with Crippen LogP contribution in [0.15, 0.2) is 44.2 Å². The SMILES string of the molecule is Cc1oc2c(C)c3oc(=O)c(CC(=O)N4CCN(CCc5ccncc5)CC4)c(C)c3cc2c1C. The van der Waals surface area contributed by atoms with Crippen LogP contribution in [0.25, 0.3) is 21.9 Å². The lowest BCUT2D eigenvalue weighted by atomic mass is 9.98. The summed E-state index contributed by atoms with van der Waals surface area (Å²) in [6.07, 6.45) is 4.66. The van der Waals surface area contributed by atoms with Crippen molar-refractivity contribution in [2.75, 3.05) is 32.7 Å². The Morgan fingerprint density at radius 1 is 0.914 bits per heavy atom. The zero-order valence-electron chi connectivity index (χ0n) is 20.8. The molecule has 0 bridgehead atoms. The maximum Gasteiger partial charge on any atom is 0.340 e. The van der Waals surface area contributed by atoms with E-state index in [9.17, 15) is 9.59 Å². The smallest absolute Gasteiger partial charge is 0.340 e. The minimum Gasteiger partial charge on any atom is -0.461 e. The molecule has 3 aromatic heterocycles. The van der Waals surface area contributed by atoms with Crippen molar-refractivity contribution in [1.82, 2.24) is 14.8 Å². The first-order chi connectivity index (χ1) is 16.8. The highest BCUT2D eigenvalue weighted by molar-refractivity contribution is 6.00. The molecule has 0 atom stereocenters. The summed E-state index contributed by atoms with van der Waals surface area (Å²) < 4.78 is 11.7. The Morgan fingerprint density at radius 3 is 2.29 bits per heavy atom. The van der Waals surface area contributed by atoms with E-state index < -0.39 is 5.63 Å². The summed E-state index contributed by atoms with van der Waals surface area (Å²) in [5.74, 6) is 0.829. The van der Waals surface area contributed by atoms with E-state index in [1.165, 1.54) is 5.56 Å². The van der Waals surface area contributed by atoms with Gasteiger partial charge in [-0.2, -0.15) is 0 Å². The molecule has 7 heteroatoms. The summed E-state index contributed by atoms with van der Waals surface area (Å²) in [7, 11) is 0. The Bertz CT molecular complexity index is 1460.